The molecule has 0 saturated carbocycles. The van der Waals surface area contributed by atoms with Crippen LogP contribution in [0.15, 0.2) is 57.9 Å². The summed E-state index contributed by atoms with van der Waals surface area (Å²) in [5, 5.41) is 1.26. The van der Waals surface area contributed by atoms with Crippen LogP contribution in [0.3, 0.4) is 0 Å². The highest BCUT2D eigenvalue weighted by molar-refractivity contribution is 8.18. The van der Waals surface area contributed by atoms with Crippen LogP contribution in [-0.4, -0.2) is 41.1 Å². The average molecular weight is 530 g/mol. The lowest BCUT2D eigenvalue weighted by atomic mass is 10.1. The monoisotopic (exact) mass is 530 g/mol. The predicted molar refractivity (Wildman–Crippen MR) is 128 cm³/mol. The predicted octanol–water partition coefficient (Wildman–Crippen LogP) is 5.22. The Morgan fingerprint density at radius 1 is 1.03 bits per heavy atom. The van der Waals surface area contributed by atoms with Crippen LogP contribution >= 0.6 is 11.8 Å². The highest BCUT2D eigenvalue weighted by Gasteiger charge is 2.36. The lowest BCUT2D eigenvalue weighted by Gasteiger charge is -2.13. The molecule has 190 valence electrons. The van der Waals surface area contributed by atoms with Gasteiger partial charge in [-0.1, -0.05) is 12.1 Å². The van der Waals surface area contributed by atoms with Crippen LogP contribution in [0.2, 0.25) is 0 Å². The number of nitrogens with one attached hydrogen (secondary N) is 1. The fourth-order valence-corrected chi connectivity index (χ4v) is 4.11. The molecule has 1 aliphatic rings. The standard InChI is InChI=1S/C25H17F3N2O6S/c1-2-35-24(33)14-5-3-13(4-6-14)18-10-7-15(36-18)11-19-23(32)30(25(34)37-19)12-20(31)29-17-9-8-16(26)21(27)22(17)28/h3-11H,2,12H2,1H3,(H,29,31)/b19-11+. The summed E-state index contributed by atoms with van der Waals surface area (Å²) in [6.45, 7) is 1.19. The van der Waals surface area contributed by atoms with Crippen molar-refractivity contribution in [1.82, 2.24) is 4.90 Å². The fraction of sp³-hybridized carbons (Fsp3) is 0.120. The maximum Gasteiger partial charge on any atom is 0.338 e. The van der Waals surface area contributed by atoms with E-state index in [9.17, 15) is 32.3 Å². The van der Waals surface area contributed by atoms with Crippen molar-refractivity contribution in [2.24, 2.45) is 0 Å². The van der Waals surface area contributed by atoms with Crippen molar-refractivity contribution in [2.75, 3.05) is 18.5 Å². The van der Waals surface area contributed by atoms with Crippen LogP contribution in [0.5, 0.6) is 0 Å². The summed E-state index contributed by atoms with van der Waals surface area (Å²) < 4.78 is 50.9. The van der Waals surface area contributed by atoms with Gasteiger partial charge in [0.2, 0.25) is 5.91 Å². The molecule has 1 fully saturated rings. The second-order valence-corrected chi connectivity index (χ2v) is 8.53. The van der Waals surface area contributed by atoms with Crippen LogP contribution in [0.1, 0.15) is 23.0 Å². The molecular formula is C25H17F3N2O6S. The molecule has 12 heteroatoms. The molecule has 0 spiro atoms. The third-order valence-corrected chi connectivity index (χ3v) is 5.97. The number of thioether (sulfide) groups is 1. The van der Waals surface area contributed by atoms with Crippen molar-refractivity contribution >= 4 is 46.5 Å². The lowest BCUT2D eigenvalue weighted by molar-refractivity contribution is -0.127. The van der Waals surface area contributed by atoms with E-state index >= 15 is 0 Å². The molecule has 1 saturated heterocycles. The van der Waals surface area contributed by atoms with Crippen molar-refractivity contribution in [1.29, 1.82) is 0 Å². The molecule has 0 aliphatic carbocycles. The third kappa shape index (κ3) is 5.59. The van der Waals surface area contributed by atoms with Gasteiger partial charge in [0.25, 0.3) is 11.1 Å². The minimum absolute atomic E-state index is 0.0182. The first-order valence-corrected chi connectivity index (χ1v) is 11.6. The zero-order valence-corrected chi connectivity index (χ0v) is 19.9. The van der Waals surface area contributed by atoms with Crippen LogP contribution in [0.25, 0.3) is 17.4 Å². The van der Waals surface area contributed by atoms with Crippen molar-refractivity contribution in [3.05, 3.63) is 82.2 Å². The first-order valence-electron chi connectivity index (χ1n) is 10.7. The number of hydrogen-bond acceptors (Lipinski definition) is 7. The Balaban J connectivity index is 1.43. The molecule has 3 amide bonds. The Hall–Kier alpha value is -4.32. The summed E-state index contributed by atoms with van der Waals surface area (Å²) in [5.41, 5.74) is 0.397. The van der Waals surface area contributed by atoms with Gasteiger partial charge in [-0.25, -0.2) is 18.0 Å². The highest BCUT2D eigenvalue weighted by atomic mass is 32.2. The van der Waals surface area contributed by atoms with Crippen molar-refractivity contribution in [3.63, 3.8) is 0 Å². The third-order valence-electron chi connectivity index (χ3n) is 5.07. The number of imide groups is 1. The Kier molecular flexibility index (Phi) is 7.48. The molecule has 1 aromatic heterocycles. The topological polar surface area (TPSA) is 106 Å². The molecule has 3 aromatic rings. The van der Waals surface area contributed by atoms with E-state index in [-0.39, 0.29) is 17.3 Å². The first kappa shape index (κ1) is 25.8. The van der Waals surface area contributed by atoms with Crippen LogP contribution < -0.4 is 5.32 Å². The molecule has 2 aromatic carbocycles. The number of furan rings is 1. The fourth-order valence-electron chi connectivity index (χ4n) is 3.29. The van der Waals surface area contributed by atoms with Crippen LogP contribution in [-0.2, 0) is 14.3 Å². The SMILES string of the molecule is CCOC(=O)c1ccc(-c2ccc(/C=C3/SC(=O)N(CC(=O)Nc4ccc(F)c(F)c4F)C3=O)o2)cc1. The number of rotatable bonds is 7. The van der Waals surface area contributed by atoms with E-state index < -0.39 is 52.7 Å². The quantitative estimate of drug-likeness (QED) is 0.254. The Morgan fingerprint density at radius 2 is 1.76 bits per heavy atom. The van der Waals surface area contributed by atoms with E-state index in [1.165, 1.54) is 6.08 Å². The van der Waals surface area contributed by atoms with Crippen molar-refractivity contribution in [2.45, 2.75) is 6.92 Å². The molecule has 0 atom stereocenters. The van der Waals surface area contributed by atoms with Gasteiger partial charge in [-0.3, -0.25) is 19.3 Å². The Morgan fingerprint density at radius 3 is 2.46 bits per heavy atom. The summed E-state index contributed by atoms with van der Waals surface area (Å²) >= 11 is 0.571. The van der Waals surface area contributed by atoms with Gasteiger partial charge in [-0.2, -0.15) is 0 Å². The number of nitrogens with zero attached hydrogens (tertiary/aromatic N) is 1. The number of benzene rings is 2. The summed E-state index contributed by atoms with van der Waals surface area (Å²) in [7, 11) is 0. The maximum absolute atomic E-state index is 13.8. The average Bonchev–Trinajstić information content (AvgIpc) is 3.45. The van der Waals surface area contributed by atoms with E-state index in [0.717, 1.165) is 6.07 Å². The number of halogens is 3. The van der Waals surface area contributed by atoms with Gasteiger partial charge < -0.3 is 14.5 Å². The van der Waals surface area contributed by atoms with Crippen LogP contribution in [0.4, 0.5) is 23.7 Å². The number of esters is 1. The zero-order valence-electron chi connectivity index (χ0n) is 19.0. The maximum atomic E-state index is 13.8. The summed E-state index contributed by atoms with van der Waals surface area (Å²) in [5.74, 6) is -6.33. The molecule has 1 N–H and O–H groups in total. The number of ether oxygens (including phenoxy) is 1. The van der Waals surface area contributed by atoms with Gasteiger partial charge >= 0.3 is 5.97 Å². The summed E-state index contributed by atoms with van der Waals surface area (Å²) in [6.07, 6.45) is 1.33. The number of carbonyl (C=O) groups is 4. The highest BCUT2D eigenvalue weighted by Crippen LogP contribution is 2.33. The molecule has 1 aliphatic heterocycles. The van der Waals surface area contributed by atoms with Gasteiger partial charge in [-0.05, 0) is 55.1 Å². The smallest absolute Gasteiger partial charge is 0.338 e. The second-order valence-electron chi connectivity index (χ2n) is 7.54. The van der Waals surface area contributed by atoms with E-state index in [1.54, 1.807) is 43.3 Å². The minimum atomic E-state index is -1.76. The lowest BCUT2D eigenvalue weighted by Crippen LogP contribution is -2.36. The molecule has 8 nitrogen and oxygen atoms in total. The van der Waals surface area contributed by atoms with Gasteiger partial charge in [0.05, 0.1) is 22.8 Å². The molecular weight excluding hydrogens is 513 g/mol. The number of carbonyl (C=O) groups excluding carboxylic acids is 4. The Labute approximate surface area is 212 Å². The summed E-state index contributed by atoms with van der Waals surface area (Å²) in [6, 6.07) is 11.1. The first-order chi connectivity index (χ1) is 17.7. The number of hydrogen-bond donors (Lipinski definition) is 1. The normalized spacial score (nSPS) is 14.4. The zero-order chi connectivity index (χ0) is 26.7. The Bertz CT molecular complexity index is 1430. The molecule has 0 unspecified atom stereocenters. The van der Waals surface area contributed by atoms with E-state index in [2.05, 4.69) is 0 Å². The molecule has 2 heterocycles. The van der Waals surface area contributed by atoms with Gasteiger partial charge in [-0.15, -0.1) is 0 Å². The minimum Gasteiger partial charge on any atom is -0.462 e. The number of amides is 3. The van der Waals surface area contributed by atoms with Gasteiger partial charge in [0, 0.05) is 11.6 Å². The molecule has 37 heavy (non-hydrogen) atoms. The van der Waals surface area contributed by atoms with E-state index in [1.807, 2.05) is 5.32 Å². The van der Waals surface area contributed by atoms with Crippen molar-refractivity contribution in [3.8, 4) is 11.3 Å². The molecule has 0 bridgehead atoms. The largest absolute Gasteiger partial charge is 0.462 e. The van der Waals surface area contributed by atoms with Crippen molar-refractivity contribution < 1.29 is 41.5 Å². The van der Waals surface area contributed by atoms with E-state index in [4.69, 9.17) is 9.15 Å². The second kappa shape index (κ2) is 10.7. The van der Waals surface area contributed by atoms with Crippen LogP contribution in [0, 0.1) is 17.5 Å². The summed E-state index contributed by atoms with van der Waals surface area (Å²) in [4.78, 5) is 49.6. The molecule has 4 rings (SSSR count). The van der Waals surface area contributed by atoms with Gasteiger partial charge in [0.1, 0.15) is 18.1 Å². The van der Waals surface area contributed by atoms with Gasteiger partial charge in [0.15, 0.2) is 17.5 Å². The molecule has 0 radical (unpaired) electrons. The number of anilines is 1. The van der Waals surface area contributed by atoms with E-state index in [0.29, 0.717) is 39.6 Å².